The molecule has 126 valence electrons. The van der Waals surface area contributed by atoms with Crippen molar-refractivity contribution in [3.05, 3.63) is 18.3 Å². The predicted octanol–water partition coefficient (Wildman–Crippen LogP) is 2.92. The number of nitrogens with zero attached hydrogens (tertiary/aromatic N) is 2. The third-order valence-corrected chi connectivity index (χ3v) is 5.29. The van der Waals surface area contributed by atoms with Gasteiger partial charge in [0.1, 0.15) is 5.82 Å². The summed E-state index contributed by atoms with van der Waals surface area (Å²) >= 11 is 0. The molecule has 1 aliphatic heterocycles. The van der Waals surface area contributed by atoms with Crippen LogP contribution in [0.25, 0.3) is 0 Å². The minimum absolute atomic E-state index is 0.00734. The predicted molar refractivity (Wildman–Crippen MR) is 93.5 cm³/mol. The van der Waals surface area contributed by atoms with Crippen LogP contribution >= 0.6 is 0 Å². The Morgan fingerprint density at radius 1 is 1.26 bits per heavy atom. The van der Waals surface area contributed by atoms with Gasteiger partial charge < -0.3 is 16.0 Å². The van der Waals surface area contributed by atoms with Crippen LogP contribution < -0.4 is 16.0 Å². The molecular formula is C18H28N4O. The van der Waals surface area contributed by atoms with E-state index in [1.165, 1.54) is 19.3 Å². The highest BCUT2D eigenvalue weighted by Gasteiger charge is 2.37. The molecule has 2 fully saturated rings. The molecule has 3 rings (SSSR count). The lowest BCUT2D eigenvalue weighted by molar-refractivity contribution is -0.122. The molecular weight excluding hydrogens is 288 g/mol. The molecule has 1 aliphatic carbocycles. The van der Waals surface area contributed by atoms with Crippen LogP contribution in [0.2, 0.25) is 0 Å². The van der Waals surface area contributed by atoms with Gasteiger partial charge in [-0.1, -0.05) is 12.8 Å². The number of nitrogens with two attached hydrogens (primary N) is 1. The van der Waals surface area contributed by atoms with Crippen molar-refractivity contribution < 1.29 is 4.79 Å². The van der Waals surface area contributed by atoms with Gasteiger partial charge in [-0.2, -0.15) is 0 Å². The Hall–Kier alpha value is -1.62. The first kappa shape index (κ1) is 16.2. The van der Waals surface area contributed by atoms with Gasteiger partial charge in [-0.25, -0.2) is 4.98 Å². The Bertz CT molecular complexity index is 534. The lowest BCUT2D eigenvalue weighted by Gasteiger charge is -2.37. The van der Waals surface area contributed by atoms with Crippen LogP contribution in [0.15, 0.2) is 18.3 Å². The van der Waals surface area contributed by atoms with E-state index in [0.29, 0.717) is 5.82 Å². The van der Waals surface area contributed by atoms with Crippen LogP contribution in [0.3, 0.4) is 0 Å². The summed E-state index contributed by atoms with van der Waals surface area (Å²) in [6.45, 7) is 4.19. The average molecular weight is 316 g/mol. The Balaban J connectivity index is 1.62. The summed E-state index contributed by atoms with van der Waals surface area (Å²) < 4.78 is 0. The first-order valence-electron chi connectivity index (χ1n) is 8.87. The Morgan fingerprint density at radius 3 is 2.70 bits per heavy atom. The molecule has 0 radical (unpaired) electrons. The molecule has 5 heteroatoms. The third-order valence-electron chi connectivity index (χ3n) is 5.29. The average Bonchev–Trinajstić information content (AvgIpc) is 2.56. The maximum atomic E-state index is 12.5. The molecule has 1 aromatic heterocycles. The highest BCUT2D eigenvalue weighted by molar-refractivity contribution is 5.92. The van der Waals surface area contributed by atoms with Crippen LogP contribution in [0.5, 0.6) is 0 Å². The molecule has 3 N–H and O–H groups in total. The summed E-state index contributed by atoms with van der Waals surface area (Å²) in [5.74, 6) is 0.505. The largest absolute Gasteiger partial charge is 0.370 e. The van der Waals surface area contributed by atoms with Gasteiger partial charge in [0.05, 0.1) is 17.8 Å². The number of carbonyl (C=O) groups is 1. The molecule has 23 heavy (non-hydrogen) atoms. The van der Waals surface area contributed by atoms with Gasteiger partial charge in [-0.05, 0) is 51.2 Å². The number of aromatic nitrogens is 1. The number of carbonyl (C=O) groups excluding carboxylic acids is 1. The van der Waals surface area contributed by atoms with Gasteiger partial charge in [0.2, 0.25) is 5.91 Å². The summed E-state index contributed by atoms with van der Waals surface area (Å²) in [5.41, 5.74) is 7.05. The van der Waals surface area contributed by atoms with Crippen LogP contribution in [-0.2, 0) is 4.79 Å². The smallest absolute Gasteiger partial charge is 0.230 e. The maximum absolute atomic E-state index is 12.5. The van der Waals surface area contributed by atoms with Crippen molar-refractivity contribution in [1.29, 1.82) is 0 Å². The van der Waals surface area contributed by atoms with E-state index in [9.17, 15) is 4.79 Å². The quantitative estimate of drug-likeness (QED) is 0.899. The van der Waals surface area contributed by atoms with E-state index < -0.39 is 5.54 Å². The number of anilines is 2. The zero-order valence-electron chi connectivity index (χ0n) is 14.1. The van der Waals surface area contributed by atoms with E-state index in [2.05, 4.69) is 21.3 Å². The SMILES string of the molecule is CC1(N)CCCCC1C(=O)Nc1ccc(N2CCCCC2)cn1. The molecule has 1 saturated heterocycles. The lowest BCUT2D eigenvalue weighted by Crippen LogP contribution is -2.51. The molecule has 5 nitrogen and oxygen atoms in total. The lowest BCUT2D eigenvalue weighted by atomic mass is 9.74. The van der Waals surface area contributed by atoms with Crippen molar-refractivity contribution in [1.82, 2.24) is 4.98 Å². The van der Waals surface area contributed by atoms with E-state index >= 15 is 0 Å². The minimum atomic E-state index is -0.407. The van der Waals surface area contributed by atoms with Gasteiger partial charge >= 0.3 is 0 Å². The van der Waals surface area contributed by atoms with E-state index in [4.69, 9.17) is 5.73 Å². The Labute approximate surface area is 138 Å². The molecule has 2 atom stereocenters. The molecule has 2 heterocycles. The fraction of sp³-hybridized carbons (Fsp3) is 0.667. The Kier molecular flexibility index (Phi) is 4.85. The van der Waals surface area contributed by atoms with Crippen molar-refractivity contribution in [3.63, 3.8) is 0 Å². The van der Waals surface area contributed by atoms with Crippen LogP contribution in [-0.4, -0.2) is 29.5 Å². The van der Waals surface area contributed by atoms with Gasteiger partial charge in [0.25, 0.3) is 0 Å². The van der Waals surface area contributed by atoms with Crippen molar-refractivity contribution >= 4 is 17.4 Å². The van der Waals surface area contributed by atoms with E-state index in [0.717, 1.165) is 44.5 Å². The fourth-order valence-electron chi connectivity index (χ4n) is 3.80. The number of amides is 1. The van der Waals surface area contributed by atoms with Crippen molar-refractivity contribution in [2.75, 3.05) is 23.3 Å². The summed E-state index contributed by atoms with van der Waals surface area (Å²) in [7, 11) is 0. The van der Waals surface area contributed by atoms with Crippen LogP contribution in [0.1, 0.15) is 51.9 Å². The number of pyridine rings is 1. The topological polar surface area (TPSA) is 71.2 Å². The molecule has 1 amide bonds. The van der Waals surface area contributed by atoms with Crippen molar-refractivity contribution in [2.24, 2.45) is 11.7 Å². The maximum Gasteiger partial charge on any atom is 0.230 e. The second-order valence-electron chi connectivity index (χ2n) is 7.24. The number of hydrogen-bond acceptors (Lipinski definition) is 4. The highest BCUT2D eigenvalue weighted by atomic mass is 16.2. The summed E-state index contributed by atoms with van der Waals surface area (Å²) in [6.07, 6.45) is 9.63. The van der Waals surface area contributed by atoms with Gasteiger partial charge in [0, 0.05) is 18.6 Å². The molecule has 2 unspecified atom stereocenters. The zero-order chi connectivity index (χ0) is 16.3. The van der Waals surface area contributed by atoms with E-state index in [-0.39, 0.29) is 11.8 Å². The summed E-state index contributed by atoms with van der Waals surface area (Å²) in [6, 6.07) is 3.95. The minimum Gasteiger partial charge on any atom is -0.370 e. The highest BCUT2D eigenvalue weighted by Crippen LogP contribution is 2.32. The first-order chi connectivity index (χ1) is 11.1. The normalized spacial score (nSPS) is 28.4. The molecule has 2 aliphatic rings. The number of rotatable bonds is 3. The fourth-order valence-corrected chi connectivity index (χ4v) is 3.80. The van der Waals surface area contributed by atoms with Crippen LogP contribution in [0, 0.1) is 5.92 Å². The number of nitrogens with one attached hydrogen (secondary N) is 1. The zero-order valence-corrected chi connectivity index (χ0v) is 14.1. The molecule has 1 saturated carbocycles. The second kappa shape index (κ2) is 6.87. The van der Waals surface area contributed by atoms with Gasteiger partial charge in [-0.3, -0.25) is 4.79 Å². The second-order valence-corrected chi connectivity index (χ2v) is 7.24. The van der Waals surface area contributed by atoms with Crippen molar-refractivity contribution in [2.45, 2.75) is 57.4 Å². The third kappa shape index (κ3) is 3.83. The number of hydrogen-bond donors (Lipinski definition) is 2. The molecule has 0 aromatic carbocycles. The van der Waals surface area contributed by atoms with Gasteiger partial charge in [-0.15, -0.1) is 0 Å². The first-order valence-corrected chi connectivity index (χ1v) is 8.87. The number of piperidine rings is 1. The van der Waals surface area contributed by atoms with E-state index in [1.54, 1.807) is 0 Å². The summed E-state index contributed by atoms with van der Waals surface area (Å²) in [5, 5.41) is 2.95. The standard InChI is InChI=1S/C18H28N4O/c1-18(19)10-4-3-7-15(18)17(23)21-16-9-8-14(13-20-16)22-11-5-2-6-12-22/h8-9,13,15H,2-7,10-12,19H2,1H3,(H,20,21,23). The van der Waals surface area contributed by atoms with Crippen molar-refractivity contribution in [3.8, 4) is 0 Å². The van der Waals surface area contributed by atoms with Gasteiger partial charge in [0.15, 0.2) is 0 Å². The summed E-state index contributed by atoms with van der Waals surface area (Å²) in [4.78, 5) is 19.3. The molecule has 0 bridgehead atoms. The molecule has 0 spiro atoms. The monoisotopic (exact) mass is 316 g/mol. The van der Waals surface area contributed by atoms with Crippen LogP contribution in [0.4, 0.5) is 11.5 Å². The Morgan fingerprint density at radius 2 is 2.04 bits per heavy atom. The molecule has 1 aromatic rings. The van der Waals surface area contributed by atoms with E-state index in [1.807, 2.05) is 19.2 Å².